The molecule has 0 saturated carbocycles. The maximum absolute atomic E-state index is 11.6. The quantitative estimate of drug-likeness (QED) is 0.302. The summed E-state index contributed by atoms with van der Waals surface area (Å²) in [4.78, 5) is 23.2. The molecule has 0 spiro atoms. The summed E-state index contributed by atoms with van der Waals surface area (Å²) in [7, 11) is 1.51. The van der Waals surface area contributed by atoms with Gasteiger partial charge in [-0.2, -0.15) is 0 Å². The van der Waals surface area contributed by atoms with E-state index >= 15 is 0 Å². The molecule has 2 N–H and O–H groups in total. The van der Waals surface area contributed by atoms with Gasteiger partial charge in [0.15, 0.2) is 0 Å². The van der Waals surface area contributed by atoms with E-state index in [4.69, 9.17) is 0 Å². The number of carboxylic acids is 1. The van der Waals surface area contributed by atoms with Crippen molar-refractivity contribution in [2.24, 2.45) is 0 Å². The number of hydrogen-bond acceptors (Lipinski definition) is 3. The first-order chi connectivity index (χ1) is 10.1. The number of amides is 1. The van der Waals surface area contributed by atoms with Gasteiger partial charge in [-0.1, -0.05) is 71.1 Å². The Hall–Kier alpha value is -0.100. The normalized spacial score (nSPS) is 9.65. The molecule has 0 heterocycles. The first-order valence-electron chi connectivity index (χ1n) is 8.51. The third-order valence-electron chi connectivity index (χ3n) is 3.79. The molecule has 0 radical (unpaired) electrons. The minimum atomic E-state index is -1.20. The van der Waals surface area contributed by atoms with E-state index in [0.29, 0.717) is 6.42 Å². The fourth-order valence-electron chi connectivity index (χ4n) is 2.41. The number of unbranched alkanes of at least 4 members (excludes halogenated alkanes) is 10. The van der Waals surface area contributed by atoms with E-state index in [-0.39, 0.29) is 47.5 Å². The Morgan fingerprint density at radius 3 is 1.61 bits per heavy atom. The molecule has 0 saturated heterocycles. The first-order valence-corrected chi connectivity index (χ1v) is 8.51. The zero-order valence-corrected chi connectivity index (χ0v) is 17.4. The Morgan fingerprint density at radius 1 is 0.826 bits per heavy atom. The second-order valence-electron chi connectivity index (χ2n) is 5.91. The van der Waals surface area contributed by atoms with Crippen LogP contribution < -0.4 is 34.7 Å². The third kappa shape index (κ3) is 19.9. The van der Waals surface area contributed by atoms with E-state index in [0.717, 1.165) is 12.8 Å². The molecule has 0 aromatic heterocycles. The van der Waals surface area contributed by atoms with Crippen LogP contribution in [-0.2, 0) is 9.59 Å². The Labute approximate surface area is 163 Å². The summed E-state index contributed by atoms with van der Waals surface area (Å²) in [6.07, 6.45) is 14.2. The number of likely N-dealkylation sites (N-methyl/N-ethyl adjacent to an activating group) is 1. The van der Waals surface area contributed by atoms with E-state index in [1.165, 1.54) is 69.7 Å². The topological polar surface area (TPSA) is 91.9 Å². The molecule has 0 aromatic rings. The molecule has 0 rings (SSSR count). The van der Waals surface area contributed by atoms with Crippen molar-refractivity contribution in [2.75, 3.05) is 13.6 Å². The summed E-state index contributed by atoms with van der Waals surface area (Å²) in [5, 5.41) is 10.4. The molecule has 0 atom stereocenters. The summed E-state index contributed by atoms with van der Waals surface area (Å²) < 4.78 is 0. The molecular formula is C17H34NNaO4. The zero-order valence-electron chi connectivity index (χ0n) is 15.4. The second-order valence-corrected chi connectivity index (χ2v) is 5.91. The second kappa shape index (κ2) is 19.9. The molecule has 0 bridgehead atoms. The van der Waals surface area contributed by atoms with Crippen LogP contribution in [0.25, 0.3) is 0 Å². The molecule has 0 aromatic carbocycles. The van der Waals surface area contributed by atoms with E-state index in [9.17, 15) is 14.7 Å². The van der Waals surface area contributed by atoms with Gasteiger partial charge in [-0.3, -0.25) is 4.79 Å². The van der Waals surface area contributed by atoms with Crippen LogP contribution in [0.15, 0.2) is 0 Å². The molecule has 1 amide bonds. The van der Waals surface area contributed by atoms with Crippen molar-refractivity contribution in [3.05, 3.63) is 0 Å². The predicted molar refractivity (Wildman–Crippen MR) is 87.3 cm³/mol. The summed E-state index contributed by atoms with van der Waals surface area (Å²) in [6, 6.07) is 0. The van der Waals surface area contributed by atoms with Crippen LogP contribution in [-0.4, -0.2) is 35.8 Å². The molecule has 6 heteroatoms. The van der Waals surface area contributed by atoms with Crippen molar-refractivity contribution in [3.63, 3.8) is 0 Å². The monoisotopic (exact) mass is 339 g/mol. The first kappa shape index (κ1) is 27.7. The number of rotatable bonds is 14. The summed E-state index contributed by atoms with van der Waals surface area (Å²) >= 11 is 0. The van der Waals surface area contributed by atoms with Crippen LogP contribution in [0.4, 0.5) is 0 Å². The fraction of sp³-hybridized carbons (Fsp3) is 0.882. The molecule has 0 aliphatic heterocycles. The van der Waals surface area contributed by atoms with Gasteiger partial charge in [-0.05, 0) is 6.42 Å². The van der Waals surface area contributed by atoms with Gasteiger partial charge in [-0.25, -0.2) is 0 Å². The number of carboxylic acid groups (broad SMARTS) is 1. The van der Waals surface area contributed by atoms with Crippen LogP contribution in [0.5, 0.6) is 0 Å². The molecule has 0 aliphatic rings. The Morgan fingerprint density at radius 2 is 1.22 bits per heavy atom. The molecule has 0 unspecified atom stereocenters. The van der Waals surface area contributed by atoms with Crippen molar-refractivity contribution in [3.8, 4) is 0 Å². The van der Waals surface area contributed by atoms with Crippen LogP contribution in [0.1, 0.15) is 84.0 Å². The minimum Gasteiger partial charge on any atom is -0.548 e. The van der Waals surface area contributed by atoms with Gasteiger partial charge in [0.05, 0.1) is 12.5 Å². The van der Waals surface area contributed by atoms with Crippen LogP contribution in [0.2, 0.25) is 0 Å². The van der Waals surface area contributed by atoms with Crippen molar-refractivity contribution < 1.29 is 49.7 Å². The van der Waals surface area contributed by atoms with E-state index in [2.05, 4.69) is 6.92 Å². The average molecular weight is 339 g/mol. The van der Waals surface area contributed by atoms with Crippen molar-refractivity contribution in [1.82, 2.24) is 4.90 Å². The zero-order chi connectivity index (χ0) is 15.9. The fourth-order valence-corrected chi connectivity index (χ4v) is 2.41. The number of aliphatic carboxylic acids is 1. The third-order valence-corrected chi connectivity index (χ3v) is 3.79. The molecule has 0 aliphatic carbocycles. The van der Waals surface area contributed by atoms with Gasteiger partial charge in [0, 0.05) is 13.5 Å². The van der Waals surface area contributed by atoms with Crippen LogP contribution in [0.3, 0.4) is 0 Å². The van der Waals surface area contributed by atoms with Crippen molar-refractivity contribution in [2.45, 2.75) is 84.0 Å². The van der Waals surface area contributed by atoms with Crippen molar-refractivity contribution >= 4 is 11.9 Å². The minimum absolute atomic E-state index is 0. The molecule has 23 heavy (non-hydrogen) atoms. The Balaban J connectivity index is -0.00000200. The average Bonchev–Trinajstić information content (AvgIpc) is 2.43. The Bertz CT molecular complexity index is 288. The van der Waals surface area contributed by atoms with Gasteiger partial charge in [0.1, 0.15) is 0 Å². The predicted octanol–water partition coefficient (Wildman–Crippen LogP) is -0.925. The number of carbonyl (C=O) groups excluding carboxylic acids is 2. The van der Waals surface area contributed by atoms with Gasteiger partial charge in [0.25, 0.3) is 0 Å². The van der Waals surface area contributed by atoms with Gasteiger partial charge >= 0.3 is 29.6 Å². The van der Waals surface area contributed by atoms with Crippen molar-refractivity contribution in [1.29, 1.82) is 0 Å². The molecule has 5 nitrogen and oxygen atoms in total. The van der Waals surface area contributed by atoms with E-state index in [1.807, 2.05) is 0 Å². The van der Waals surface area contributed by atoms with E-state index in [1.54, 1.807) is 0 Å². The standard InChI is InChI=1S/C17H33NO3.Na.H2O/c1-3-4-5-6-7-8-9-10-11-12-13-14-16(19)18(2)15-17(20)21;;/h3-15H2,1-2H3,(H,20,21);;1H2/q;+1;/p-1. The molecule has 132 valence electrons. The molecular weight excluding hydrogens is 305 g/mol. The smallest absolute Gasteiger partial charge is 0.548 e. The summed E-state index contributed by atoms with van der Waals surface area (Å²) in [6.45, 7) is 1.93. The Kier molecular flexibility index (Phi) is 24.1. The van der Waals surface area contributed by atoms with Gasteiger partial charge < -0.3 is 20.3 Å². The SMILES string of the molecule is CCCCCCCCCCCCCC(=O)N(C)CC(=O)[O-].O.[Na+]. The maximum Gasteiger partial charge on any atom is 1.00 e. The largest absolute Gasteiger partial charge is 1.00 e. The van der Waals surface area contributed by atoms with Gasteiger partial charge in [0.2, 0.25) is 5.91 Å². The summed E-state index contributed by atoms with van der Waals surface area (Å²) in [5.74, 6) is -1.31. The van der Waals surface area contributed by atoms with Gasteiger partial charge in [-0.15, -0.1) is 0 Å². The van der Waals surface area contributed by atoms with E-state index < -0.39 is 5.97 Å². The maximum atomic E-state index is 11.6. The van der Waals surface area contributed by atoms with Crippen LogP contribution in [0, 0.1) is 0 Å². The summed E-state index contributed by atoms with van der Waals surface area (Å²) in [5.41, 5.74) is 0. The van der Waals surface area contributed by atoms with Crippen LogP contribution >= 0.6 is 0 Å². The number of carbonyl (C=O) groups is 2. The number of hydrogen-bond donors (Lipinski definition) is 0. The number of nitrogens with zero attached hydrogens (tertiary/aromatic N) is 1. The molecule has 0 fully saturated rings.